The number of ether oxygens (including phenoxy) is 1. The number of nitrogens with two attached hydrogens (primary N) is 1. The highest BCUT2D eigenvalue weighted by Gasteiger charge is 2.34. The Kier molecular flexibility index (Phi) is 10.5. The number of benzene rings is 2. The van der Waals surface area contributed by atoms with E-state index in [1.165, 1.54) is 23.9 Å². The number of thioether (sulfide) groups is 1. The van der Waals surface area contributed by atoms with Gasteiger partial charge >= 0.3 is 18.5 Å². The topological polar surface area (TPSA) is 168 Å². The van der Waals surface area contributed by atoms with E-state index in [0.29, 0.717) is 19.3 Å². The van der Waals surface area contributed by atoms with Crippen molar-refractivity contribution in [2.45, 2.75) is 47.5 Å². The monoisotopic (exact) mass is 618 g/mol. The number of hydrogen-bond donors (Lipinski definition) is 4. The molecule has 2 aromatic rings. The minimum atomic E-state index is -4.95. The van der Waals surface area contributed by atoms with Crippen molar-refractivity contribution in [3.63, 3.8) is 0 Å². The molecule has 0 heterocycles. The van der Waals surface area contributed by atoms with Crippen molar-refractivity contribution in [1.82, 2.24) is 10.6 Å². The highest BCUT2D eigenvalue weighted by atomic mass is 32.2. The van der Waals surface area contributed by atoms with Crippen molar-refractivity contribution < 1.29 is 45.8 Å². The summed E-state index contributed by atoms with van der Waals surface area (Å²) in [7, 11) is -3.68. The van der Waals surface area contributed by atoms with Crippen molar-refractivity contribution in [3.8, 4) is 5.75 Å². The number of sulfone groups is 1. The summed E-state index contributed by atoms with van der Waals surface area (Å²) >= 11 is 1.48. The lowest BCUT2D eigenvalue weighted by Crippen LogP contribution is -2.52. The first-order valence-corrected chi connectivity index (χ1v) is 15.1. The molecule has 3 atom stereocenters. The summed E-state index contributed by atoms with van der Waals surface area (Å²) in [5.41, 5.74) is 5.77. The van der Waals surface area contributed by atoms with Crippen LogP contribution in [0.25, 0.3) is 0 Å². The fraction of sp³-hybridized carbons (Fsp3) is 0.400. The van der Waals surface area contributed by atoms with E-state index >= 15 is 0 Å². The van der Waals surface area contributed by atoms with Crippen LogP contribution in [0.4, 0.5) is 28.4 Å². The largest absolute Gasteiger partial charge is 0.573 e. The SMILES string of the molecule is CSc1ccc(S(=O)(=O)C[C@@H]2CC[C@@H](N)C[C@@H]2NC(=O)CNC(=O)N(C(=O)O)c2ccc(OC(F)(F)F)cc2)cc1. The van der Waals surface area contributed by atoms with Crippen LogP contribution >= 0.6 is 11.8 Å². The molecule has 1 aliphatic rings. The average Bonchev–Trinajstić information content (AvgIpc) is 2.89. The van der Waals surface area contributed by atoms with Gasteiger partial charge in [0, 0.05) is 17.0 Å². The molecule has 0 spiro atoms. The number of imide groups is 1. The molecule has 0 unspecified atom stereocenters. The molecule has 4 amide bonds. The first-order valence-electron chi connectivity index (χ1n) is 12.3. The second-order valence-electron chi connectivity index (χ2n) is 9.28. The number of halogens is 3. The number of rotatable bonds is 9. The Hall–Kier alpha value is -3.50. The van der Waals surface area contributed by atoms with Gasteiger partial charge in [-0.2, -0.15) is 4.90 Å². The molecule has 5 N–H and O–H groups in total. The van der Waals surface area contributed by atoms with E-state index < -0.39 is 58.5 Å². The average molecular weight is 619 g/mol. The highest BCUT2D eigenvalue weighted by molar-refractivity contribution is 7.98. The number of hydrogen-bond acceptors (Lipinski definition) is 8. The number of nitrogens with one attached hydrogen (secondary N) is 2. The summed E-state index contributed by atoms with van der Waals surface area (Å²) in [6.07, 6.45) is -3.52. The van der Waals surface area contributed by atoms with Crippen molar-refractivity contribution in [2.75, 3.05) is 23.5 Å². The van der Waals surface area contributed by atoms with Gasteiger partial charge in [0.05, 0.1) is 22.9 Å². The highest BCUT2D eigenvalue weighted by Crippen LogP contribution is 2.29. The zero-order valence-corrected chi connectivity index (χ0v) is 23.4. The summed E-state index contributed by atoms with van der Waals surface area (Å²) in [6.45, 7) is -0.654. The number of amides is 4. The molecular weight excluding hydrogens is 589 g/mol. The van der Waals surface area contributed by atoms with Crippen LogP contribution in [-0.4, -0.2) is 68.6 Å². The summed E-state index contributed by atoms with van der Waals surface area (Å²) in [6, 6.07) is 7.88. The van der Waals surface area contributed by atoms with E-state index in [2.05, 4.69) is 15.4 Å². The van der Waals surface area contributed by atoms with Gasteiger partial charge in [0.25, 0.3) is 0 Å². The van der Waals surface area contributed by atoms with Crippen LogP contribution in [0.15, 0.2) is 58.3 Å². The van der Waals surface area contributed by atoms with E-state index in [4.69, 9.17) is 5.73 Å². The molecule has 16 heteroatoms. The van der Waals surface area contributed by atoms with E-state index in [0.717, 1.165) is 29.2 Å². The first kappa shape index (κ1) is 32.0. The zero-order chi connectivity index (χ0) is 30.4. The lowest BCUT2D eigenvalue weighted by molar-refractivity contribution is -0.274. The van der Waals surface area contributed by atoms with Crippen LogP contribution in [-0.2, 0) is 14.6 Å². The fourth-order valence-corrected chi connectivity index (χ4v) is 6.52. The molecule has 1 fully saturated rings. The number of alkyl halides is 3. The number of nitrogens with zero attached hydrogens (tertiary/aromatic N) is 1. The first-order chi connectivity index (χ1) is 19.2. The molecule has 3 rings (SSSR count). The Balaban J connectivity index is 1.62. The van der Waals surface area contributed by atoms with Crippen LogP contribution in [0.1, 0.15) is 19.3 Å². The normalized spacial score (nSPS) is 19.2. The van der Waals surface area contributed by atoms with Gasteiger partial charge in [-0.05, 0) is 80.0 Å². The smallest absolute Gasteiger partial charge is 0.464 e. The van der Waals surface area contributed by atoms with Crippen LogP contribution in [0, 0.1) is 5.92 Å². The minimum Gasteiger partial charge on any atom is -0.464 e. The molecule has 0 bridgehead atoms. The molecule has 224 valence electrons. The molecule has 41 heavy (non-hydrogen) atoms. The number of anilines is 1. The predicted octanol–water partition coefficient (Wildman–Crippen LogP) is 3.59. The second-order valence-corrected chi connectivity index (χ2v) is 12.2. The Morgan fingerprint density at radius 2 is 1.73 bits per heavy atom. The summed E-state index contributed by atoms with van der Waals surface area (Å²) in [4.78, 5) is 38.2. The molecule has 2 aromatic carbocycles. The van der Waals surface area contributed by atoms with E-state index in [-0.39, 0.29) is 27.3 Å². The van der Waals surface area contributed by atoms with Gasteiger partial charge in [-0.1, -0.05) is 0 Å². The summed E-state index contributed by atoms with van der Waals surface area (Å²) < 4.78 is 66.9. The van der Waals surface area contributed by atoms with E-state index in [1.807, 2.05) is 6.26 Å². The van der Waals surface area contributed by atoms with Gasteiger partial charge in [0.2, 0.25) is 5.91 Å². The van der Waals surface area contributed by atoms with Crippen LogP contribution in [0.3, 0.4) is 0 Å². The molecular formula is C25H29F3N4O7S2. The molecule has 1 saturated carbocycles. The molecule has 0 aliphatic heterocycles. The summed E-state index contributed by atoms with van der Waals surface area (Å²) in [5.74, 6) is -2.00. The zero-order valence-electron chi connectivity index (χ0n) is 21.8. The fourth-order valence-electron chi connectivity index (χ4n) is 4.41. The second kappa shape index (κ2) is 13.4. The van der Waals surface area contributed by atoms with Crippen LogP contribution < -0.4 is 26.0 Å². The van der Waals surface area contributed by atoms with Gasteiger partial charge in [-0.25, -0.2) is 18.0 Å². The van der Waals surface area contributed by atoms with Crippen LogP contribution in [0.5, 0.6) is 5.75 Å². The third-order valence-corrected chi connectivity index (χ3v) is 8.96. The van der Waals surface area contributed by atoms with E-state index in [1.54, 1.807) is 12.1 Å². The maximum atomic E-state index is 13.1. The van der Waals surface area contributed by atoms with Gasteiger partial charge < -0.3 is 26.2 Å². The summed E-state index contributed by atoms with van der Waals surface area (Å²) in [5, 5.41) is 14.3. The third-order valence-electron chi connectivity index (χ3n) is 6.36. The Morgan fingerprint density at radius 3 is 2.29 bits per heavy atom. The Morgan fingerprint density at radius 1 is 1.10 bits per heavy atom. The molecule has 0 saturated heterocycles. The number of carbonyl (C=O) groups excluding carboxylic acids is 2. The number of carboxylic acid groups (broad SMARTS) is 1. The van der Waals surface area contributed by atoms with Gasteiger partial charge in [0.1, 0.15) is 5.75 Å². The number of carbonyl (C=O) groups is 3. The van der Waals surface area contributed by atoms with Crippen molar-refractivity contribution >= 4 is 45.3 Å². The van der Waals surface area contributed by atoms with E-state index in [9.17, 15) is 41.1 Å². The quantitative estimate of drug-likeness (QED) is 0.307. The van der Waals surface area contributed by atoms with Crippen molar-refractivity contribution in [1.29, 1.82) is 0 Å². The lowest BCUT2D eigenvalue weighted by Gasteiger charge is -2.35. The Bertz CT molecular complexity index is 1340. The predicted molar refractivity (Wildman–Crippen MR) is 145 cm³/mol. The molecule has 0 aromatic heterocycles. The molecule has 11 nitrogen and oxygen atoms in total. The third kappa shape index (κ3) is 9.26. The number of urea groups is 1. The van der Waals surface area contributed by atoms with Gasteiger partial charge in [0.15, 0.2) is 9.84 Å². The van der Waals surface area contributed by atoms with Gasteiger partial charge in [-0.3, -0.25) is 4.79 Å². The lowest BCUT2D eigenvalue weighted by atomic mass is 9.83. The molecule has 0 radical (unpaired) electrons. The minimum absolute atomic E-state index is 0.161. The standard InChI is InChI=1S/C25H29F3N4O7S2/c1-40-19-8-10-20(11-9-19)41(37,38)14-15-2-3-16(29)12-21(15)31-22(33)13-30-23(34)32(24(35)36)17-4-6-18(7-5-17)39-25(26,27)28/h4-11,15-16,21H,2-3,12-14,29H2,1H3,(H,30,34)(H,31,33)(H,35,36)/t15-,16+,21-/m0/s1. The van der Waals surface area contributed by atoms with Crippen molar-refractivity contribution in [3.05, 3.63) is 48.5 Å². The maximum absolute atomic E-state index is 13.1. The maximum Gasteiger partial charge on any atom is 0.573 e. The van der Waals surface area contributed by atoms with Gasteiger partial charge in [-0.15, -0.1) is 24.9 Å². The van der Waals surface area contributed by atoms with Crippen LogP contribution in [0.2, 0.25) is 0 Å². The van der Waals surface area contributed by atoms with Crippen molar-refractivity contribution in [2.24, 2.45) is 11.7 Å². The molecule has 1 aliphatic carbocycles. The Labute approximate surface area is 238 Å².